The molecule has 0 spiro atoms. The van der Waals surface area contributed by atoms with Gasteiger partial charge in [0.2, 0.25) is 0 Å². The number of thioether (sulfide) groups is 1. The zero-order chi connectivity index (χ0) is 7.68. The summed E-state index contributed by atoms with van der Waals surface area (Å²) in [6.07, 6.45) is 9.40. The lowest BCUT2D eigenvalue weighted by atomic mass is 10.2. The molecule has 0 aromatic carbocycles. The monoisotopic (exact) mass is 171 g/mol. The number of nitrogens with one attached hydrogen (secondary N) is 1. The molecule has 2 fully saturated rings. The van der Waals surface area contributed by atoms with E-state index in [4.69, 9.17) is 0 Å². The fourth-order valence-corrected chi connectivity index (χ4v) is 2.90. The first-order valence-electron chi connectivity index (χ1n) is 4.69. The van der Waals surface area contributed by atoms with Gasteiger partial charge in [-0.2, -0.15) is 11.8 Å². The Bertz CT molecular complexity index is 134. The van der Waals surface area contributed by atoms with Gasteiger partial charge in [-0.15, -0.1) is 0 Å². The standard InChI is InChI=1S/C9H17NS/c1-11-9-4-2-3-8(9)10-7-5-6-7/h7-10H,2-6H2,1H3. The van der Waals surface area contributed by atoms with Crippen LogP contribution in [0.15, 0.2) is 0 Å². The molecule has 2 aliphatic carbocycles. The highest BCUT2D eigenvalue weighted by Crippen LogP contribution is 2.31. The van der Waals surface area contributed by atoms with Crippen LogP contribution in [0.1, 0.15) is 32.1 Å². The van der Waals surface area contributed by atoms with Crippen LogP contribution in [0, 0.1) is 0 Å². The highest BCUT2D eigenvalue weighted by atomic mass is 32.2. The summed E-state index contributed by atoms with van der Waals surface area (Å²) in [6, 6.07) is 1.74. The molecule has 0 aromatic heterocycles. The van der Waals surface area contributed by atoms with Crippen LogP contribution in [0.4, 0.5) is 0 Å². The number of hydrogen-bond donors (Lipinski definition) is 1. The third-order valence-corrected chi connectivity index (χ3v) is 3.95. The molecule has 0 aliphatic heterocycles. The van der Waals surface area contributed by atoms with Gasteiger partial charge >= 0.3 is 0 Å². The van der Waals surface area contributed by atoms with Crippen molar-refractivity contribution in [3.8, 4) is 0 Å². The minimum atomic E-state index is 0.845. The van der Waals surface area contributed by atoms with Gasteiger partial charge in [0.25, 0.3) is 0 Å². The predicted octanol–water partition coefficient (Wildman–Crippen LogP) is 2.02. The van der Waals surface area contributed by atoms with Gasteiger partial charge in [-0.3, -0.25) is 0 Å². The topological polar surface area (TPSA) is 12.0 Å². The molecule has 2 unspecified atom stereocenters. The summed E-state index contributed by atoms with van der Waals surface area (Å²) >= 11 is 2.05. The van der Waals surface area contributed by atoms with Crippen LogP contribution >= 0.6 is 11.8 Å². The Morgan fingerprint density at radius 1 is 1.18 bits per heavy atom. The second-order valence-corrected chi connectivity index (χ2v) is 4.83. The smallest absolute Gasteiger partial charge is 0.0198 e. The Hall–Kier alpha value is 0.310. The predicted molar refractivity (Wildman–Crippen MR) is 51.1 cm³/mol. The normalized spacial score (nSPS) is 37.9. The molecule has 1 N–H and O–H groups in total. The van der Waals surface area contributed by atoms with Crippen molar-refractivity contribution in [3.05, 3.63) is 0 Å². The van der Waals surface area contributed by atoms with E-state index in [1.54, 1.807) is 0 Å². The third-order valence-electron chi connectivity index (χ3n) is 2.78. The zero-order valence-electron chi connectivity index (χ0n) is 7.18. The SMILES string of the molecule is CSC1CCCC1NC1CC1. The van der Waals surface area contributed by atoms with Gasteiger partial charge in [0.15, 0.2) is 0 Å². The summed E-state index contributed by atoms with van der Waals surface area (Å²) in [4.78, 5) is 0. The molecule has 0 heterocycles. The van der Waals surface area contributed by atoms with Crippen molar-refractivity contribution >= 4 is 11.8 Å². The van der Waals surface area contributed by atoms with Gasteiger partial charge in [0.1, 0.15) is 0 Å². The van der Waals surface area contributed by atoms with E-state index in [-0.39, 0.29) is 0 Å². The van der Waals surface area contributed by atoms with Crippen LogP contribution in [0.2, 0.25) is 0 Å². The Balaban J connectivity index is 1.79. The molecule has 64 valence electrons. The molecule has 2 heteroatoms. The van der Waals surface area contributed by atoms with Crippen molar-refractivity contribution in [3.63, 3.8) is 0 Å². The lowest BCUT2D eigenvalue weighted by molar-refractivity contribution is 0.529. The van der Waals surface area contributed by atoms with Gasteiger partial charge in [-0.1, -0.05) is 6.42 Å². The Morgan fingerprint density at radius 2 is 2.00 bits per heavy atom. The van der Waals surface area contributed by atoms with Crippen molar-refractivity contribution in [2.75, 3.05) is 6.26 Å². The van der Waals surface area contributed by atoms with Gasteiger partial charge in [0, 0.05) is 17.3 Å². The molecule has 0 bridgehead atoms. The maximum Gasteiger partial charge on any atom is 0.0198 e. The van der Waals surface area contributed by atoms with Gasteiger partial charge in [-0.05, 0) is 31.9 Å². The summed E-state index contributed by atoms with van der Waals surface area (Å²) in [5.41, 5.74) is 0. The Morgan fingerprint density at radius 3 is 2.64 bits per heavy atom. The second-order valence-electron chi connectivity index (χ2n) is 3.75. The van der Waals surface area contributed by atoms with Crippen molar-refractivity contribution in [2.24, 2.45) is 0 Å². The van der Waals surface area contributed by atoms with Crippen molar-refractivity contribution in [1.82, 2.24) is 5.32 Å². The van der Waals surface area contributed by atoms with Crippen LogP contribution in [0.25, 0.3) is 0 Å². The summed E-state index contributed by atoms with van der Waals surface area (Å²) in [5.74, 6) is 0. The molecule has 2 saturated carbocycles. The van der Waals surface area contributed by atoms with Gasteiger partial charge in [0.05, 0.1) is 0 Å². The fourth-order valence-electron chi connectivity index (χ4n) is 1.95. The molecule has 0 aromatic rings. The maximum atomic E-state index is 3.73. The van der Waals surface area contributed by atoms with Gasteiger partial charge < -0.3 is 5.32 Å². The van der Waals surface area contributed by atoms with Crippen molar-refractivity contribution in [2.45, 2.75) is 49.4 Å². The van der Waals surface area contributed by atoms with Crippen LogP contribution in [0.5, 0.6) is 0 Å². The molecule has 2 rings (SSSR count). The summed E-state index contributed by atoms with van der Waals surface area (Å²) in [7, 11) is 0. The Labute approximate surface area is 73.3 Å². The zero-order valence-corrected chi connectivity index (χ0v) is 7.99. The van der Waals surface area contributed by atoms with E-state index in [9.17, 15) is 0 Å². The molecule has 0 amide bonds. The molecule has 11 heavy (non-hydrogen) atoms. The van der Waals surface area contributed by atoms with Crippen LogP contribution in [0.3, 0.4) is 0 Å². The van der Waals surface area contributed by atoms with Crippen molar-refractivity contribution < 1.29 is 0 Å². The molecule has 0 saturated heterocycles. The first-order chi connectivity index (χ1) is 5.40. The first kappa shape index (κ1) is 7.93. The Kier molecular flexibility index (Phi) is 2.42. The van der Waals surface area contributed by atoms with Crippen LogP contribution < -0.4 is 5.32 Å². The lowest BCUT2D eigenvalue weighted by Crippen LogP contribution is -2.35. The minimum absolute atomic E-state index is 0.845. The average molecular weight is 171 g/mol. The average Bonchev–Trinajstić information content (AvgIpc) is 2.68. The molecule has 2 atom stereocenters. The molecule has 2 aliphatic rings. The van der Waals surface area contributed by atoms with E-state index in [1.165, 1.54) is 32.1 Å². The fraction of sp³-hybridized carbons (Fsp3) is 1.00. The van der Waals surface area contributed by atoms with E-state index in [0.29, 0.717) is 0 Å². The van der Waals surface area contributed by atoms with E-state index in [2.05, 4.69) is 11.6 Å². The summed E-state index contributed by atoms with van der Waals surface area (Å²) in [6.45, 7) is 0. The highest BCUT2D eigenvalue weighted by molar-refractivity contribution is 7.99. The first-order valence-corrected chi connectivity index (χ1v) is 5.98. The van der Waals surface area contributed by atoms with E-state index >= 15 is 0 Å². The van der Waals surface area contributed by atoms with E-state index in [0.717, 1.165) is 17.3 Å². The summed E-state index contributed by atoms with van der Waals surface area (Å²) in [5, 5.41) is 4.65. The van der Waals surface area contributed by atoms with Crippen LogP contribution in [-0.2, 0) is 0 Å². The lowest BCUT2D eigenvalue weighted by Gasteiger charge is -2.18. The molecular formula is C9H17NS. The molecular weight excluding hydrogens is 154 g/mol. The van der Waals surface area contributed by atoms with Crippen LogP contribution in [-0.4, -0.2) is 23.6 Å². The van der Waals surface area contributed by atoms with Crippen molar-refractivity contribution in [1.29, 1.82) is 0 Å². The van der Waals surface area contributed by atoms with E-state index in [1.807, 2.05) is 11.8 Å². The van der Waals surface area contributed by atoms with Gasteiger partial charge in [-0.25, -0.2) is 0 Å². The third kappa shape index (κ3) is 1.91. The molecule has 0 radical (unpaired) electrons. The summed E-state index contributed by atoms with van der Waals surface area (Å²) < 4.78 is 0. The second kappa shape index (κ2) is 3.36. The minimum Gasteiger partial charge on any atom is -0.310 e. The largest absolute Gasteiger partial charge is 0.310 e. The highest BCUT2D eigenvalue weighted by Gasteiger charge is 2.31. The number of hydrogen-bond acceptors (Lipinski definition) is 2. The molecule has 1 nitrogen and oxygen atoms in total. The maximum absolute atomic E-state index is 3.73. The quantitative estimate of drug-likeness (QED) is 0.697. The number of rotatable bonds is 3. The van der Waals surface area contributed by atoms with E-state index < -0.39 is 0 Å².